The number of hydrogen-bond acceptors (Lipinski definition) is 11. The van der Waals surface area contributed by atoms with Crippen molar-refractivity contribution in [2.75, 3.05) is 56.5 Å². The summed E-state index contributed by atoms with van der Waals surface area (Å²) in [5.41, 5.74) is 0.542. The van der Waals surface area contributed by atoms with E-state index in [1.807, 2.05) is 0 Å². The van der Waals surface area contributed by atoms with E-state index in [0.29, 0.717) is 17.6 Å². The normalized spacial score (nSPS) is 13.6. The van der Waals surface area contributed by atoms with Crippen LogP contribution in [0.1, 0.15) is 20.7 Å². The van der Waals surface area contributed by atoms with E-state index in [1.54, 1.807) is 0 Å². The van der Waals surface area contributed by atoms with Crippen LogP contribution in [0.15, 0.2) is 22.5 Å². The first-order chi connectivity index (χ1) is 14.5. The number of amides is 1. The van der Waals surface area contributed by atoms with Gasteiger partial charge in [-0.3, -0.25) is 4.79 Å². The highest BCUT2D eigenvalue weighted by molar-refractivity contribution is 8.01. The number of esters is 2. The Hall–Kier alpha value is -2.70. The fraction of sp³-hybridized carbons (Fsp3) is 0.389. The number of hydrogen-bond donors (Lipinski definition) is 1. The van der Waals surface area contributed by atoms with Gasteiger partial charge in [-0.1, -0.05) is 23.1 Å². The van der Waals surface area contributed by atoms with Crippen molar-refractivity contribution in [1.29, 1.82) is 0 Å². The van der Waals surface area contributed by atoms with Gasteiger partial charge in [0.2, 0.25) is 11.0 Å². The summed E-state index contributed by atoms with van der Waals surface area (Å²) >= 11 is 2.67. The molecule has 12 heteroatoms. The van der Waals surface area contributed by atoms with Crippen LogP contribution in [-0.2, 0) is 19.0 Å². The molecular formula is C18H20N4O6S2. The number of anilines is 2. The highest BCUT2D eigenvalue weighted by atomic mass is 32.2. The number of nitrogens with one attached hydrogen (secondary N) is 1. The molecule has 1 aliphatic heterocycles. The Labute approximate surface area is 180 Å². The van der Waals surface area contributed by atoms with Crippen molar-refractivity contribution < 1.29 is 28.6 Å². The van der Waals surface area contributed by atoms with E-state index < -0.39 is 11.9 Å². The van der Waals surface area contributed by atoms with E-state index in [9.17, 15) is 14.4 Å². The lowest BCUT2D eigenvalue weighted by Crippen LogP contribution is -2.36. The first-order valence-electron chi connectivity index (χ1n) is 8.90. The first kappa shape index (κ1) is 22.0. The number of carbonyl (C=O) groups excluding carboxylic acids is 3. The molecule has 30 heavy (non-hydrogen) atoms. The predicted octanol–water partition coefficient (Wildman–Crippen LogP) is 1.68. The van der Waals surface area contributed by atoms with Crippen molar-refractivity contribution in [3.63, 3.8) is 0 Å². The van der Waals surface area contributed by atoms with Crippen molar-refractivity contribution in [2.24, 2.45) is 0 Å². The molecule has 1 amide bonds. The molecule has 0 unspecified atom stereocenters. The van der Waals surface area contributed by atoms with E-state index in [-0.39, 0.29) is 28.5 Å². The molecule has 160 valence electrons. The molecule has 0 radical (unpaired) electrons. The van der Waals surface area contributed by atoms with E-state index >= 15 is 0 Å². The van der Waals surface area contributed by atoms with Crippen molar-refractivity contribution in [3.8, 4) is 0 Å². The Balaban J connectivity index is 1.62. The van der Waals surface area contributed by atoms with Gasteiger partial charge in [0, 0.05) is 18.8 Å². The molecule has 0 bridgehead atoms. The zero-order chi connectivity index (χ0) is 21.5. The molecule has 0 aliphatic carbocycles. The molecule has 0 atom stereocenters. The smallest absolute Gasteiger partial charge is 0.337 e. The van der Waals surface area contributed by atoms with E-state index in [0.717, 1.165) is 18.2 Å². The van der Waals surface area contributed by atoms with E-state index in [1.165, 1.54) is 55.5 Å². The van der Waals surface area contributed by atoms with E-state index in [2.05, 4.69) is 29.9 Å². The molecule has 1 aromatic carbocycles. The number of benzene rings is 1. The molecule has 1 saturated heterocycles. The van der Waals surface area contributed by atoms with Crippen LogP contribution in [0.4, 0.5) is 10.8 Å². The SMILES string of the molecule is COC(=O)c1cc(NC(=O)CSc2nnc(N3CCOCC3)s2)cc(C(=O)OC)c1. The summed E-state index contributed by atoms with van der Waals surface area (Å²) in [5.74, 6) is -1.49. The molecular weight excluding hydrogens is 432 g/mol. The van der Waals surface area contributed by atoms with Crippen LogP contribution in [0.25, 0.3) is 0 Å². The van der Waals surface area contributed by atoms with Gasteiger partial charge in [-0.05, 0) is 18.2 Å². The zero-order valence-corrected chi connectivity index (χ0v) is 18.0. The fourth-order valence-corrected chi connectivity index (χ4v) is 4.33. The number of morpholine rings is 1. The van der Waals surface area contributed by atoms with Crippen molar-refractivity contribution in [2.45, 2.75) is 4.34 Å². The molecule has 10 nitrogen and oxygen atoms in total. The third-order valence-electron chi connectivity index (χ3n) is 4.06. The number of nitrogens with zero attached hydrogens (tertiary/aromatic N) is 3. The fourth-order valence-electron chi connectivity index (χ4n) is 2.64. The molecule has 2 aromatic rings. The predicted molar refractivity (Wildman–Crippen MR) is 111 cm³/mol. The van der Waals surface area contributed by atoms with Gasteiger partial charge < -0.3 is 24.4 Å². The number of rotatable bonds is 7. The minimum absolute atomic E-state index is 0.0910. The summed E-state index contributed by atoms with van der Waals surface area (Å²) in [7, 11) is 2.46. The number of carbonyl (C=O) groups is 3. The van der Waals surface area contributed by atoms with Gasteiger partial charge in [0.05, 0.1) is 44.3 Å². The van der Waals surface area contributed by atoms with Crippen LogP contribution in [0.5, 0.6) is 0 Å². The summed E-state index contributed by atoms with van der Waals surface area (Å²) in [6, 6.07) is 4.21. The first-order valence-corrected chi connectivity index (χ1v) is 10.7. The quantitative estimate of drug-likeness (QED) is 0.491. The lowest BCUT2D eigenvalue weighted by Gasteiger charge is -2.25. The average molecular weight is 453 g/mol. The number of thioether (sulfide) groups is 1. The minimum Gasteiger partial charge on any atom is -0.465 e. The standard InChI is InChI=1S/C18H20N4O6S2/c1-26-15(24)11-7-12(16(25)27-2)9-13(8-11)19-14(23)10-29-18-21-20-17(30-18)22-3-5-28-6-4-22/h7-9H,3-6,10H2,1-2H3,(H,19,23). The third kappa shape index (κ3) is 5.68. The number of aromatic nitrogens is 2. The highest BCUT2D eigenvalue weighted by Crippen LogP contribution is 2.28. The molecule has 1 N–H and O–H groups in total. The second-order valence-electron chi connectivity index (χ2n) is 6.07. The van der Waals surface area contributed by atoms with Crippen LogP contribution in [0.2, 0.25) is 0 Å². The average Bonchev–Trinajstić information content (AvgIpc) is 3.26. The van der Waals surface area contributed by atoms with Crippen molar-refractivity contribution in [1.82, 2.24) is 10.2 Å². The van der Waals surface area contributed by atoms with Crippen LogP contribution < -0.4 is 10.2 Å². The van der Waals surface area contributed by atoms with Gasteiger partial charge in [0.1, 0.15) is 0 Å². The monoisotopic (exact) mass is 452 g/mol. The Morgan fingerprint density at radius 2 is 1.73 bits per heavy atom. The summed E-state index contributed by atoms with van der Waals surface area (Å²) in [5, 5.41) is 11.8. The Morgan fingerprint density at radius 3 is 2.33 bits per heavy atom. The Bertz CT molecular complexity index is 895. The maximum absolute atomic E-state index is 12.4. The zero-order valence-electron chi connectivity index (χ0n) is 16.4. The summed E-state index contributed by atoms with van der Waals surface area (Å²) < 4.78 is 15.4. The van der Waals surface area contributed by atoms with Gasteiger partial charge in [0.25, 0.3) is 0 Å². The van der Waals surface area contributed by atoms with Crippen LogP contribution in [0, 0.1) is 0 Å². The van der Waals surface area contributed by atoms with Crippen LogP contribution in [0.3, 0.4) is 0 Å². The molecule has 3 rings (SSSR count). The molecule has 0 saturated carbocycles. The topological polar surface area (TPSA) is 120 Å². The highest BCUT2D eigenvalue weighted by Gasteiger charge is 2.18. The van der Waals surface area contributed by atoms with Gasteiger partial charge in [-0.2, -0.15) is 0 Å². The molecule has 2 heterocycles. The van der Waals surface area contributed by atoms with Gasteiger partial charge >= 0.3 is 11.9 Å². The number of methoxy groups -OCH3 is 2. The van der Waals surface area contributed by atoms with Gasteiger partial charge in [-0.25, -0.2) is 9.59 Å². The van der Waals surface area contributed by atoms with Gasteiger partial charge in [0.15, 0.2) is 4.34 Å². The second kappa shape index (κ2) is 10.4. The minimum atomic E-state index is -0.630. The molecule has 1 aromatic heterocycles. The molecule has 0 spiro atoms. The van der Waals surface area contributed by atoms with E-state index in [4.69, 9.17) is 4.74 Å². The summed E-state index contributed by atoms with van der Waals surface area (Å²) in [6.45, 7) is 2.84. The summed E-state index contributed by atoms with van der Waals surface area (Å²) in [6.07, 6.45) is 0. The molecule has 1 fully saturated rings. The maximum atomic E-state index is 12.4. The second-order valence-corrected chi connectivity index (χ2v) is 8.25. The van der Waals surface area contributed by atoms with Crippen LogP contribution in [-0.4, -0.2) is 74.3 Å². The largest absolute Gasteiger partial charge is 0.465 e. The number of ether oxygens (including phenoxy) is 3. The van der Waals surface area contributed by atoms with Gasteiger partial charge in [-0.15, -0.1) is 10.2 Å². The van der Waals surface area contributed by atoms with Crippen molar-refractivity contribution in [3.05, 3.63) is 29.3 Å². The summed E-state index contributed by atoms with van der Waals surface area (Å²) in [4.78, 5) is 38.1. The maximum Gasteiger partial charge on any atom is 0.337 e. The lowest BCUT2D eigenvalue weighted by atomic mass is 10.1. The van der Waals surface area contributed by atoms with Crippen LogP contribution >= 0.6 is 23.1 Å². The lowest BCUT2D eigenvalue weighted by molar-refractivity contribution is -0.113. The Kier molecular flexibility index (Phi) is 7.60. The van der Waals surface area contributed by atoms with Crippen molar-refractivity contribution >= 4 is 51.8 Å². The Morgan fingerprint density at radius 1 is 1.10 bits per heavy atom. The molecule has 1 aliphatic rings. The third-order valence-corrected chi connectivity index (χ3v) is 6.18.